The van der Waals surface area contributed by atoms with E-state index in [2.05, 4.69) is 6.07 Å². The molecule has 4 rings (SSSR count). The van der Waals surface area contributed by atoms with Crippen LogP contribution in [0, 0.1) is 11.3 Å². The van der Waals surface area contributed by atoms with E-state index in [1.807, 2.05) is 18.2 Å². The van der Waals surface area contributed by atoms with Gasteiger partial charge in [-0.2, -0.15) is 18.4 Å². The molecule has 0 fully saturated rings. The van der Waals surface area contributed by atoms with Crippen molar-refractivity contribution < 1.29 is 22.8 Å². The van der Waals surface area contributed by atoms with Crippen molar-refractivity contribution in [3.05, 3.63) is 95.2 Å². The third-order valence-electron chi connectivity index (χ3n) is 5.67. The third kappa shape index (κ3) is 4.16. The molecule has 0 bridgehead atoms. The minimum atomic E-state index is -4.58. The van der Waals surface area contributed by atoms with Gasteiger partial charge in [-0.05, 0) is 59.5 Å². The minimum Gasteiger partial charge on any atom is -0.278 e. The van der Waals surface area contributed by atoms with Crippen molar-refractivity contribution in [2.45, 2.75) is 13.1 Å². The van der Waals surface area contributed by atoms with E-state index in [0.717, 1.165) is 38.6 Å². The Morgan fingerprint density at radius 3 is 2.26 bits per heavy atom. The Labute approximate surface area is 194 Å². The van der Waals surface area contributed by atoms with Gasteiger partial charge in [-0.3, -0.25) is 14.6 Å². The molecule has 0 saturated heterocycles. The van der Waals surface area contributed by atoms with Crippen LogP contribution < -0.4 is 4.90 Å². The number of imide groups is 1. The van der Waals surface area contributed by atoms with E-state index in [4.69, 9.17) is 5.26 Å². The van der Waals surface area contributed by atoms with Crippen LogP contribution in [0.5, 0.6) is 0 Å². The molecule has 0 unspecified atom stereocenters. The molecule has 0 saturated carbocycles. The van der Waals surface area contributed by atoms with E-state index in [9.17, 15) is 22.8 Å². The second-order valence-corrected chi connectivity index (χ2v) is 7.70. The maximum atomic E-state index is 13.3. The van der Waals surface area contributed by atoms with Gasteiger partial charge in [-0.25, -0.2) is 4.79 Å². The molecular formula is C26H18F3N3O2. The number of alkyl halides is 3. The van der Waals surface area contributed by atoms with Crippen LogP contribution in [0.2, 0.25) is 0 Å². The van der Waals surface area contributed by atoms with E-state index in [-0.39, 0.29) is 12.2 Å². The fourth-order valence-corrected chi connectivity index (χ4v) is 3.97. The molecule has 170 valence electrons. The standard InChI is InChI=1S/C26H18F3N3O2/c1-17-24(23-8-3-2-7-22(23)19-11-9-18(14-30)10-12-19)15-31(16-33)25(34)32(17)21-6-4-5-20(13-21)26(27,28)29/h2-13,16H,15H2,1H3. The summed E-state index contributed by atoms with van der Waals surface area (Å²) in [4.78, 5) is 26.8. The highest BCUT2D eigenvalue weighted by Crippen LogP contribution is 2.38. The molecule has 0 aliphatic carbocycles. The highest BCUT2D eigenvalue weighted by Gasteiger charge is 2.35. The Bertz CT molecular complexity index is 1340. The number of nitriles is 1. The number of hydrogen-bond donors (Lipinski definition) is 0. The molecule has 34 heavy (non-hydrogen) atoms. The van der Waals surface area contributed by atoms with Crippen LogP contribution in [0.4, 0.5) is 23.7 Å². The number of rotatable bonds is 4. The Morgan fingerprint density at radius 1 is 0.971 bits per heavy atom. The summed E-state index contributed by atoms with van der Waals surface area (Å²) >= 11 is 0. The lowest BCUT2D eigenvalue weighted by Gasteiger charge is -2.36. The molecule has 0 spiro atoms. The first-order chi connectivity index (χ1) is 16.2. The van der Waals surface area contributed by atoms with Gasteiger partial charge in [0.05, 0.1) is 29.4 Å². The van der Waals surface area contributed by atoms with Crippen molar-refractivity contribution >= 4 is 23.7 Å². The lowest BCUT2D eigenvalue weighted by Crippen LogP contribution is -2.47. The van der Waals surface area contributed by atoms with Gasteiger partial charge in [0.1, 0.15) is 0 Å². The fraction of sp³-hybridized carbons (Fsp3) is 0.115. The molecule has 1 heterocycles. The Hall–Kier alpha value is -4.38. The highest BCUT2D eigenvalue weighted by molar-refractivity contribution is 6.06. The lowest BCUT2D eigenvalue weighted by atomic mass is 9.91. The van der Waals surface area contributed by atoms with Crippen LogP contribution in [0.15, 0.2) is 78.5 Å². The molecule has 3 amide bonds. The molecule has 0 aromatic heterocycles. The van der Waals surface area contributed by atoms with Gasteiger partial charge in [-0.15, -0.1) is 0 Å². The van der Waals surface area contributed by atoms with Gasteiger partial charge in [0.15, 0.2) is 0 Å². The van der Waals surface area contributed by atoms with Crippen LogP contribution in [0.3, 0.4) is 0 Å². The van der Waals surface area contributed by atoms with Gasteiger partial charge >= 0.3 is 12.2 Å². The molecule has 3 aromatic carbocycles. The summed E-state index contributed by atoms with van der Waals surface area (Å²) in [5.74, 6) is 0. The van der Waals surface area contributed by atoms with Crippen LogP contribution in [0.1, 0.15) is 23.6 Å². The largest absolute Gasteiger partial charge is 0.416 e. The van der Waals surface area contributed by atoms with Crippen LogP contribution in [-0.4, -0.2) is 23.9 Å². The molecule has 8 heteroatoms. The van der Waals surface area contributed by atoms with E-state index >= 15 is 0 Å². The normalized spacial score (nSPS) is 14.3. The summed E-state index contributed by atoms with van der Waals surface area (Å²) in [6.07, 6.45) is -4.21. The van der Waals surface area contributed by atoms with E-state index in [1.54, 1.807) is 37.3 Å². The predicted molar refractivity (Wildman–Crippen MR) is 121 cm³/mol. The van der Waals surface area contributed by atoms with Crippen molar-refractivity contribution in [3.63, 3.8) is 0 Å². The zero-order chi connectivity index (χ0) is 24.5. The topological polar surface area (TPSA) is 64.4 Å². The third-order valence-corrected chi connectivity index (χ3v) is 5.67. The Morgan fingerprint density at radius 2 is 1.65 bits per heavy atom. The number of anilines is 1. The Kier molecular flexibility index (Phi) is 5.95. The number of urea groups is 1. The maximum Gasteiger partial charge on any atom is 0.416 e. The average Bonchev–Trinajstić information content (AvgIpc) is 2.84. The fourth-order valence-electron chi connectivity index (χ4n) is 3.97. The van der Waals surface area contributed by atoms with Gasteiger partial charge in [-0.1, -0.05) is 42.5 Å². The Balaban J connectivity index is 1.88. The lowest BCUT2D eigenvalue weighted by molar-refractivity contribution is -0.137. The highest BCUT2D eigenvalue weighted by atomic mass is 19.4. The van der Waals surface area contributed by atoms with Crippen molar-refractivity contribution in [3.8, 4) is 17.2 Å². The van der Waals surface area contributed by atoms with Crippen LogP contribution >= 0.6 is 0 Å². The zero-order valence-corrected chi connectivity index (χ0v) is 18.0. The summed E-state index contributed by atoms with van der Waals surface area (Å²) in [6.45, 7) is 1.61. The summed E-state index contributed by atoms with van der Waals surface area (Å²) < 4.78 is 39.9. The summed E-state index contributed by atoms with van der Waals surface area (Å²) in [5, 5.41) is 9.08. The zero-order valence-electron chi connectivity index (χ0n) is 18.0. The molecule has 0 N–H and O–H groups in total. The summed E-state index contributed by atoms with van der Waals surface area (Å²) in [5.41, 5.74) is 2.99. The summed E-state index contributed by atoms with van der Waals surface area (Å²) in [6, 6.07) is 20.1. The van der Waals surface area contributed by atoms with Crippen molar-refractivity contribution in [1.82, 2.24) is 4.90 Å². The quantitative estimate of drug-likeness (QED) is 0.443. The number of hydrogen-bond acceptors (Lipinski definition) is 3. The monoisotopic (exact) mass is 461 g/mol. The average molecular weight is 461 g/mol. The second-order valence-electron chi connectivity index (χ2n) is 7.70. The number of benzene rings is 3. The first kappa shape index (κ1) is 22.8. The molecule has 5 nitrogen and oxygen atoms in total. The maximum absolute atomic E-state index is 13.3. The molecule has 0 atom stereocenters. The van der Waals surface area contributed by atoms with E-state index < -0.39 is 17.8 Å². The van der Waals surface area contributed by atoms with Crippen molar-refractivity contribution in [1.29, 1.82) is 5.26 Å². The summed E-state index contributed by atoms with van der Waals surface area (Å²) in [7, 11) is 0. The first-order valence-corrected chi connectivity index (χ1v) is 10.3. The van der Waals surface area contributed by atoms with Gasteiger partial charge < -0.3 is 0 Å². The van der Waals surface area contributed by atoms with Crippen molar-refractivity contribution in [2.75, 3.05) is 11.4 Å². The molecular weight excluding hydrogens is 443 g/mol. The predicted octanol–water partition coefficient (Wildman–Crippen LogP) is 6.07. The van der Waals surface area contributed by atoms with Crippen LogP contribution in [-0.2, 0) is 11.0 Å². The first-order valence-electron chi connectivity index (χ1n) is 10.3. The van der Waals surface area contributed by atoms with Gasteiger partial charge in [0.25, 0.3) is 0 Å². The number of amides is 3. The van der Waals surface area contributed by atoms with E-state index in [0.29, 0.717) is 23.2 Å². The second kappa shape index (κ2) is 8.87. The number of allylic oxidation sites excluding steroid dienone is 1. The molecule has 3 aromatic rings. The molecule has 1 aliphatic heterocycles. The van der Waals surface area contributed by atoms with Crippen LogP contribution in [0.25, 0.3) is 16.7 Å². The number of halogens is 3. The minimum absolute atomic E-state index is 0.0113. The van der Waals surface area contributed by atoms with Crippen molar-refractivity contribution in [2.24, 2.45) is 0 Å². The SMILES string of the molecule is CC1=C(c2ccccc2-c2ccc(C#N)cc2)CN(C=O)C(=O)N1c1cccc(C(F)(F)F)c1. The smallest absolute Gasteiger partial charge is 0.278 e. The number of carbonyl (C=O) groups excluding carboxylic acids is 2. The van der Waals surface area contributed by atoms with Gasteiger partial charge in [0.2, 0.25) is 6.41 Å². The molecule has 1 aliphatic rings. The van der Waals surface area contributed by atoms with Gasteiger partial charge in [0, 0.05) is 5.70 Å². The number of carbonyl (C=O) groups is 2. The number of nitrogens with zero attached hydrogens (tertiary/aromatic N) is 3. The van der Waals surface area contributed by atoms with E-state index in [1.165, 1.54) is 12.1 Å². The molecule has 0 radical (unpaired) electrons.